The first-order valence-electron chi connectivity index (χ1n) is 10.3. The lowest BCUT2D eigenvalue weighted by Crippen LogP contribution is -2.47. The van der Waals surface area contributed by atoms with Gasteiger partial charge in [-0.15, -0.1) is 0 Å². The Morgan fingerprint density at radius 1 is 1.09 bits per heavy atom. The standard InChI is InChI=1S/C21H24F3N7O/c1-14(32)31-10-8-30(9-11-31)12-15-2-4-16(5-3-15)27-20-28-18-17(6-7-25-18)19(29-20)26-13-21(22,23)24/h2-7H,8-13H2,1H3,(H3,25,26,27,28,29). The molecule has 0 saturated carbocycles. The smallest absolute Gasteiger partial charge is 0.360 e. The molecule has 0 spiro atoms. The van der Waals surface area contributed by atoms with Crippen LogP contribution in [0.4, 0.5) is 30.6 Å². The lowest BCUT2D eigenvalue weighted by atomic mass is 10.2. The normalized spacial score (nSPS) is 15.2. The number of amides is 1. The van der Waals surface area contributed by atoms with Crippen LogP contribution in [-0.2, 0) is 11.3 Å². The number of nitrogens with one attached hydrogen (secondary N) is 3. The zero-order chi connectivity index (χ0) is 22.7. The van der Waals surface area contributed by atoms with E-state index in [2.05, 4.69) is 30.5 Å². The molecule has 0 radical (unpaired) electrons. The molecule has 0 atom stereocenters. The third-order valence-electron chi connectivity index (χ3n) is 5.31. The van der Waals surface area contributed by atoms with E-state index < -0.39 is 12.7 Å². The van der Waals surface area contributed by atoms with Crippen LogP contribution in [0.5, 0.6) is 0 Å². The number of aromatic amines is 1. The zero-order valence-electron chi connectivity index (χ0n) is 17.5. The molecule has 1 fully saturated rings. The Bertz CT molecular complexity index is 1070. The number of carbonyl (C=O) groups excluding carboxylic acids is 1. The van der Waals surface area contributed by atoms with Gasteiger partial charge in [-0.2, -0.15) is 23.1 Å². The largest absolute Gasteiger partial charge is 0.405 e. The topological polar surface area (TPSA) is 89.2 Å². The summed E-state index contributed by atoms with van der Waals surface area (Å²) in [4.78, 5) is 27.0. The third-order valence-corrected chi connectivity index (χ3v) is 5.31. The Labute approximate surface area is 182 Å². The number of H-pyrrole nitrogens is 1. The van der Waals surface area contributed by atoms with E-state index in [4.69, 9.17) is 0 Å². The molecule has 32 heavy (non-hydrogen) atoms. The van der Waals surface area contributed by atoms with Crippen LogP contribution in [0, 0.1) is 0 Å². The number of alkyl halides is 3. The Kier molecular flexibility index (Phi) is 6.17. The van der Waals surface area contributed by atoms with E-state index in [-0.39, 0.29) is 17.7 Å². The van der Waals surface area contributed by atoms with Gasteiger partial charge in [0.15, 0.2) is 0 Å². The predicted molar refractivity (Wildman–Crippen MR) is 116 cm³/mol. The van der Waals surface area contributed by atoms with Gasteiger partial charge in [-0.25, -0.2) is 0 Å². The van der Waals surface area contributed by atoms with Crippen LogP contribution < -0.4 is 10.6 Å². The van der Waals surface area contributed by atoms with Crippen LogP contribution in [0.3, 0.4) is 0 Å². The van der Waals surface area contributed by atoms with Crippen molar-refractivity contribution in [3.63, 3.8) is 0 Å². The van der Waals surface area contributed by atoms with Crippen LogP contribution in [-0.4, -0.2) is 69.6 Å². The number of rotatable bonds is 6. The lowest BCUT2D eigenvalue weighted by molar-refractivity contribution is -0.130. The summed E-state index contributed by atoms with van der Waals surface area (Å²) >= 11 is 0. The Morgan fingerprint density at radius 3 is 2.47 bits per heavy atom. The number of hydrogen-bond acceptors (Lipinski definition) is 6. The van der Waals surface area contributed by atoms with Crippen molar-refractivity contribution >= 4 is 34.4 Å². The number of halogens is 3. The number of hydrogen-bond donors (Lipinski definition) is 3. The van der Waals surface area contributed by atoms with Crippen molar-refractivity contribution in [1.29, 1.82) is 0 Å². The maximum absolute atomic E-state index is 12.6. The van der Waals surface area contributed by atoms with E-state index in [1.807, 2.05) is 29.2 Å². The molecular formula is C21H24F3N7O. The van der Waals surface area contributed by atoms with Gasteiger partial charge in [0.1, 0.15) is 18.0 Å². The number of aromatic nitrogens is 3. The van der Waals surface area contributed by atoms with E-state index in [0.29, 0.717) is 11.0 Å². The fraction of sp³-hybridized carbons (Fsp3) is 0.381. The van der Waals surface area contributed by atoms with Gasteiger partial charge in [-0.3, -0.25) is 9.69 Å². The molecule has 0 bridgehead atoms. The molecule has 1 amide bonds. The quantitative estimate of drug-likeness (QED) is 0.537. The second-order valence-electron chi connectivity index (χ2n) is 7.71. The van der Waals surface area contributed by atoms with Gasteiger partial charge in [0.05, 0.1) is 5.39 Å². The molecule has 3 aromatic rings. The maximum Gasteiger partial charge on any atom is 0.405 e. The highest BCUT2D eigenvalue weighted by Crippen LogP contribution is 2.25. The average molecular weight is 447 g/mol. The monoisotopic (exact) mass is 447 g/mol. The number of benzene rings is 1. The molecule has 0 aliphatic carbocycles. The highest BCUT2D eigenvalue weighted by atomic mass is 19.4. The molecular weight excluding hydrogens is 423 g/mol. The lowest BCUT2D eigenvalue weighted by Gasteiger charge is -2.34. The van der Waals surface area contributed by atoms with Gasteiger partial charge in [0, 0.05) is 51.5 Å². The van der Waals surface area contributed by atoms with Crippen molar-refractivity contribution in [2.75, 3.05) is 43.4 Å². The Hall–Kier alpha value is -3.34. The highest BCUT2D eigenvalue weighted by Gasteiger charge is 2.27. The van der Waals surface area contributed by atoms with Crippen molar-refractivity contribution in [3.8, 4) is 0 Å². The van der Waals surface area contributed by atoms with E-state index in [0.717, 1.165) is 44.0 Å². The summed E-state index contributed by atoms with van der Waals surface area (Å²) in [5.41, 5.74) is 2.29. The van der Waals surface area contributed by atoms with E-state index in [9.17, 15) is 18.0 Å². The van der Waals surface area contributed by atoms with Gasteiger partial charge >= 0.3 is 6.18 Å². The fourth-order valence-corrected chi connectivity index (χ4v) is 3.62. The summed E-state index contributed by atoms with van der Waals surface area (Å²) in [5, 5.41) is 5.88. The van der Waals surface area contributed by atoms with Gasteiger partial charge in [-0.05, 0) is 23.8 Å². The average Bonchev–Trinajstić information content (AvgIpc) is 3.22. The van der Waals surface area contributed by atoms with Crippen molar-refractivity contribution in [2.24, 2.45) is 0 Å². The van der Waals surface area contributed by atoms with Crippen LogP contribution in [0.15, 0.2) is 36.5 Å². The first kappa shape index (κ1) is 21.9. The van der Waals surface area contributed by atoms with E-state index in [1.54, 1.807) is 19.2 Å². The molecule has 1 saturated heterocycles. The number of piperazine rings is 1. The van der Waals surface area contributed by atoms with Crippen LogP contribution >= 0.6 is 0 Å². The van der Waals surface area contributed by atoms with Gasteiger partial charge < -0.3 is 20.5 Å². The molecule has 8 nitrogen and oxygen atoms in total. The second kappa shape index (κ2) is 9.03. The Morgan fingerprint density at radius 2 is 1.81 bits per heavy atom. The summed E-state index contributed by atoms with van der Waals surface area (Å²) in [6, 6.07) is 9.35. The fourth-order valence-electron chi connectivity index (χ4n) is 3.62. The molecule has 0 unspecified atom stereocenters. The molecule has 1 aliphatic rings. The van der Waals surface area contributed by atoms with Crippen LogP contribution in [0.25, 0.3) is 11.0 Å². The van der Waals surface area contributed by atoms with Crippen molar-refractivity contribution in [3.05, 3.63) is 42.1 Å². The number of carbonyl (C=O) groups is 1. The van der Waals surface area contributed by atoms with Gasteiger partial charge in [0.2, 0.25) is 11.9 Å². The number of anilines is 3. The van der Waals surface area contributed by atoms with Gasteiger partial charge in [-0.1, -0.05) is 12.1 Å². The van der Waals surface area contributed by atoms with Crippen molar-refractivity contribution in [2.45, 2.75) is 19.6 Å². The summed E-state index contributed by atoms with van der Waals surface area (Å²) < 4.78 is 37.9. The molecule has 2 aromatic heterocycles. The van der Waals surface area contributed by atoms with Crippen LogP contribution in [0.1, 0.15) is 12.5 Å². The van der Waals surface area contributed by atoms with Crippen LogP contribution in [0.2, 0.25) is 0 Å². The van der Waals surface area contributed by atoms with E-state index in [1.165, 1.54) is 0 Å². The molecule has 170 valence electrons. The van der Waals surface area contributed by atoms with Gasteiger partial charge in [0.25, 0.3) is 0 Å². The first-order valence-corrected chi connectivity index (χ1v) is 10.3. The minimum atomic E-state index is -4.35. The summed E-state index contributed by atoms with van der Waals surface area (Å²) in [6.45, 7) is 4.32. The van der Waals surface area contributed by atoms with Crippen molar-refractivity contribution < 1.29 is 18.0 Å². The van der Waals surface area contributed by atoms with E-state index >= 15 is 0 Å². The summed E-state index contributed by atoms with van der Waals surface area (Å²) in [6.07, 6.45) is -2.75. The number of fused-ring (bicyclic) bond motifs is 1. The minimum absolute atomic E-state index is 0.108. The molecule has 3 heterocycles. The minimum Gasteiger partial charge on any atom is -0.360 e. The predicted octanol–water partition coefficient (Wildman–Crippen LogP) is 3.34. The Balaban J connectivity index is 1.40. The van der Waals surface area contributed by atoms with Crippen molar-refractivity contribution in [1.82, 2.24) is 24.8 Å². The maximum atomic E-state index is 12.6. The molecule has 1 aliphatic heterocycles. The summed E-state index contributed by atoms with van der Waals surface area (Å²) in [7, 11) is 0. The zero-order valence-corrected chi connectivity index (χ0v) is 17.5. The summed E-state index contributed by atoms with van der Waals surface area (Å²) in [5.74, 6) is 0.409. The first-order chi connectivity index (χ1) is 15.3. The SMILES string of the molecule is CC(=O)N1CCN(Cc2ccc(Nc3nc(NCC(F)(F)F)c4cc[nH]c4n3)cc2)CC1. The number of nitrogens with zero attached hydrogens (tertiary/aromatic N) is 4. The molecule has 3 N–H and O–H groups in total. The highest BCUT2D eigenvalue weighted by molar-refractivity contribution is 5.88. The second-order valence-corrected chi connectivity index (χ2v) is 7.71. The molecule has 11 heteroatoms. The molecule has 1 aromatic carbocycles. The third kappa shape index (κ3) is 5.47. The molecule has 4 rings (SSSR count).